The van der Waals surface area contributed by atoms with Gasteiger partial charge in [-0.2, -0.15) is 0 Å². The van der Waals surface area contributed by atoms with Crippen LogP contribution in [0.1, 0.15) is 12.0 Å². The Kier molecular flexibility index (Phi) is 10.6. The van der Waals surface area contributed by atoms with E-state index in [2.05, 4.69) is 36.6 Å². The number of hydrogen-bond acceptors (Lipinski definition) is 11. The first-order chi connectivity index (χ1) is 17.8. The van der Waals surface area contributed by atoms with E-state index >= 15 is 0 Å². The molecular formula is C25H34N6O5. The highest BCUT2D eigenvalue weighted by molar-refractivity contribution is 5.87. The van der Waals surface area contributed by atoms with E-state index < -0.39 is 0 Å². The molecule has 1 aliphatic rings. The van der Waals surface area contributed by atoms with E-state index in [1.165, 1.54) is 6.33 Å². The Labute approximate surface area is 210 Å². The maximum Gasteiger partial charge on any atom is 0.223 e. The summed E-state index contributed by atoms with van der Waals surface area (Å²) in [4.78, 5) is 17.7. The maximum atomic E-state index is 5.98. The number of rotatable bonds is 6. The third kappa shape index (κ3) is 8.61. The molecule has 0 amide bonds. The smallest absolute Gasteiger partial charge is 0.223 e. The minimum Gasteiger partial charge on any atom is -0.377 e. The molecule has 4 rings (SSSR count). The maximum absolute atomic E-state index is 5.98. The number of aromatic nitrogens is 4. The highest BCUT2D eigenvalue weighted by Crippen LogP contribution is 2.22. The minimum atomic E-state index is -0.0928. The van der Waals surface area contributed by atoms with Crippen LogP contribution in [-0.4, -0.2) is 92.0 Å². The van der Waals surface area contributed by atoms with E-state index in [0.29, 0.717) is 95.2 Å². The molecule has 194 valence electrons. The molecule has 3 aromatic rings. The molecule has 0 spiro atoms. The second kappa shape index (κ2) is 14.6. The van der Waals surface area contributed by atoms with E-state index in [4.69, 9.17) is 23.7 Å². The van der Waals surface area contributed by atoms with Gasteiger partial charge < -0.3 is 34.3 Å². The van der Waals surface area contributed by atoms with Gasteiger partial charge in [0.05, 0.1) is 71.8 Å². The molecule has 1 atom stereocenters. The first kappa shape index (κ1) is 26.1. The summed E-state index contributed by atoms with van der Waals surface area (Å²) in [5.41, 5.74) is 3.40. The van der Waals surface area contributed by atoms with Crippen LogP contribution in [0, 0.1) is 6.92 Å². The molecule has 0 aliphatic carbocycles. The second-order valence-corrected chi connectivity index (χ2v) is 8.26. The van der Waals surface area contributed by atoms with E-state index in [9.17, 15) is 0 Å². The molecule has 36 heavy (non-hydrogen) atoms. The van der Waals surface area contributed by atoms with Gasteiger partial charge in [-0.05, 0) is 31.0 Å². The minimum absolute atomic E-state index is 0.0928. The highest BCUT2D eigenvalue weighted by Gasteiger charge is 2.12. The van der Waals surface area contributed by atoms with Gasteiger partial charge in [-0.3, -0.25) is 0 Å². The second-order valence-electron chi connectivity index (χ2n) is 8.26. The van der Waals surface area contributed by atoms with Crippen LogP contribution < -0.4 is 10.6 Å². The topological polar surface area (TPSA) is 122 Å². The lowest BCUT2D eigenvalue weighted by molar-refractivity contribution is -0.0470. The number of nitrogens with one attached hydrogen (secondary N) is 2. The SMILES string of the molecule is Cc1cccc(Nc2ncnc3cnc(NCCC4COCCOCCOCCOCCO4)nc23)c1. The summed E-state index contributed by atoms with van der Waals surface area (Å²) in [7, 11) is 0. The molecule has 11 nitrogen and oxygen atoms in total. The summed E-state index contributed by atoms with van der Waals surface area (Å²) in [5.74, 6) is 1.13. The van der Waals surface area contributed by atoms with E-state index in [1.807, 2.05) is 25.1 Å². The van der Waals surface area contributed by atoms with Gasteiger partial charge >= 0.3 is 0 Å². The summed E-state index contributed by atoms with van der Waals surface area (Å²) in [6.07, 6.45) is 3.82. The van der Waals surface area contributed by atoms with Crippen molar-refractivity contribution in [3.05, 3.63) is 42.4 Å². The van der Waals surface area contributed by atoms with Crippen molar-refractivity contribution < 1.29 is 23.7 Å². The largest absolute Gasteiger partial charge is 0.377 e. The van der Waals surface area contributed by atoms with Crippen LogP contribution in [0.4, 0.5) is 17.5 Å². The zero-order valence-corrected chi connectivity index (χ0v) is 20.6. The first-order valence-electron chi connectivity index (χ1n) is 12.3. The van der Waals surface area contributed by atoms with Crippen molar-refractivity contribution in [2.75, 3.05) is 76.6 Å². The van der Waals surface area contributed by atoms with Gasteiger partial charge in [0, 0.05) is 12.2 Å². The summed E-state index contributed by atoms with van der Waals surface area (Å²) in [5, 5.41) is 6.62. The van der Waals surface area contributed by atoms with Gasteiger partial charge in [-0.15, -0.1) is 0 Å². The van der Waals surface area contributed by atoms with Crippen LogP contribution >= 0.6 is 0 Å². The van der Waals surface area contributed by atoms with Crippen molar-refractivity contribution in [2.45, 2.75) is 19.4 Å². The van der Waals surface area contributed by atoms with Crippen molar-refractivity contribution in [3.8, 4) is 0 Å². The van der Waals surface area contributed by atoms with Crippen molar-refractivity contribution in [1.82, 2.24) is 19.9 Å². The zero-order chi connectivity index (χ0) is 24.8. The molecule has 1 saturated heterocycles. The number of fused-ring (bicyclic) bond motifs is 1. The zero-order valence-electron chi connectivity index (χ0n) is 20.6. The Balaban J connectivity index is 1.33. The fourth-order valence-electron chi connectivity index (χ4n) is 3.60. The molecular weight excluding hydrogens is 464 g/mol. The lowest BCUT2D eigenvalue weighted by atomic mass is 10.2. The number of ether oxygens (including phenoxy) is 5. The van der Waals surface area contributed by atoms with Crippen molar-refractivity contribution in [2.24, 2.45) is 0 Å². The summed E-state index contributed by atoms with van der Waals surface area (Å²) < 4.78 is 28.2. The average molecular weight is 499 g/mol. The number of anilines is 3. The Morgan fingerprint density at radius 3 is 2.42 bits per heavy atom. The molecule has 0 bridgehead atoms. The fraction of sp³-hybridized carbons (Fsp3) is 0.520. The molecule has 2 N–H and O–H groups in total. The first-order valence-corrected chi connectivity index (χ1v) is 12.3. The molecule has 1 unspecified atom stereocenters. The highest BCUT2D eigenvalue weighted by atomic mass is 16.6. The Bertz CT molecular complexity index is 1060. The predicted octanol–water partition coefficient (Wildman–Crippen LogP) is 2.74. The molecule has 0 saturated carbocycles. The number of aryl methyl sites for hydroxylation is 1. The van der Waals surface area contributed by atoms with E-state index in [0.717, 1.165) is 11.3 Å². The van der Waals surface area contributed by atoms with Crippen molar-refractivity contribution in [3.63, 3.8) is 0 Å². The van der Waals surface area contributed by atoms with Crippen molar-refractivity contribution >= 4 is 28.5 Å². The van der Waals surface area contributed by atoms with Crippen LogP contribution in [0.25, 0.3) is 11.0 Å². The normalized spacial score (nSPS) is 18.8. The van der Waals surface area contributed by atoms with Gasteiger partial charge in [0.2, 0.25) is 5.95 Å². The third-order valence-corrected chi connectivity index (χ3v) is 5.41. The molecule has 1 fully saturated rings. The fourth-order valence-corrected chi connectivity index (χ4v) is 3.60. The number of nitrogens with zero attached hydrogens (tertiary/aromatic N) is 4. The lowest BCUT2D eigenvalue weighted by Crippen LogP contribution is -2.26. The molecule has 1 aromatic carbocycles. The molecule has 0 radical (unpaired) electrons. The van der Waals surface area contributed by atoms with Crippen LogP contribution in [0.2, 0.25) is 0 Å². The van der Waals surface area contributed by atoms with Crippen LogP contribution in [0.15, 0.2) is 36.8 Å². The van der Waals surface area contributed by atoms with E-state index in [-0.39, 0.29) is 6.10 Å². The Morgan fingerprint density at radius 1 is 0.889 bits per heavy atom. The molecule has 3 heterocycles. The standard InChI is InChI=1S/C25H34N6O5/c1-19-3-2-4-20(15-19)30-24-23-22(28-18-29-24)16-27-25(31-23)26-6-5-21-17-35-12-11-33-8-7-32-9-10-34-13-14-36-21/h2-4,15-16,18,21H,5-14,17H2,1H3,(H,26,27,31)(H,28,29,30). The van der Waals surface area contributed by atoms with Crippen LogP contribution in [0.5, 0.6) is 0 Å². The third-order valence-electron chi connectivity index (χ3n) is 5.41. The Hall–Kier alpha value is -2.96. The van der Waals surface area contributed by atoms with Gasteiger partial charge in [0.25, 0.3) is 0 Å². The van der Waals surface area contributed by atoms with E-state index in [1.54, 1.807) is 6.20 Å². The summed E-state index contributed by atoms with van der Waals surface area (Å²) in [6.45, 7) is 7.35. The quantitative estimate of drug-likeness (QED) is 0.522. The number of hydrogen-bond donors (Lipinski definition) is 2. The lowest BCUT2D eigenvalue weighted by Gasteiger charge is -2.18. The van der Waals surface area contributed by atoms with Gasteiger partial charge in [-0.1, -0.05) is 12.1 Å². The van der Waals surface area contributed by atoms with Gasteiger partial charge in [-0.25, -0.2) is 19.9 Å². The van der Waals surface area contributed by atoms with Crippen LogP contribution in [-0.2, 0) is 23.7 Å². The van der Waals surface area contributed by atoms with Gasteiger partial charge in [0.1, 0.15) is 17.4 Å². The van der Waals surface area contributed by atoms with Crippen molar-refractivity contribution in [1.29, 1.82) is 0 Å². The monoisotopic (exact) mass is 498 g/mol. The Morgan fingerprint density at radius 2 is 1.64 bits per heavy atom. The van der Waals surface area contributed by atoms with Crippen LogP contribution in [0.3, 0.4) is 0 Å². The number of benzene rings is 1. The predicted molar refractivity (Wildman–Crippen MR) is 136 cm³/mol. The molecule has 11 heteroatoms. The van der Waals surface area contributed by atoms with Gasteiger partial charge in [0.15, 0.2) is 5.82 Å². The summed E-state index contributed by atoms with van der Waals surface area (Å²) >= 11 is 0. The molecule has 2 aromatic heterocycles. The summed E-state index contributed by atoms with van der Waals surface area (Å²) in [6, 6.07) is 8.08. The average Bonchev–Trinajstić information content (AvgIpc) is 2.89. The molecule has 1 aliphatic heterocycles.